The number of hydrogen-bond donors (Lipinski definition) is 1. The van der Waals surface area contributed by atoms with Crippen LogP contribution in [0.25, 0.3) is 22.5 Å². The van der Waals surface area contributed by atoms with Crippen molar-refractivity contribution in [1.82, 2.24) is 14.5 Å². The van der Waals surface area contributed by atoms with E-state index in [0.717, 1.165) is 27.7 Å². The first-order valence-corrected chi connectivity index (χ1v) is 8.97. The second-order valence-corrected chi connectivity index (χ2v) is 6.19. The van der Waals surface area contributed by atoms with Crippen molar-refractivity contribution in [3.63, 3.8) is 0 Å². The highest BCUT2D eigenvalue weighted by Gasteiger charge is 2.20. The molecule has 0 aliphatic heterocycles. The van der Waals surface area contributed by atoms with E-state index in [1.165, 1.54) is 12.1 Å². The summed E-state index contributed by atoms with van der Waals surface area (Å²) in [6.07, 6.45) is 3.65. The number of aromatic nitrogens is 3. The van der Waals surface area contributed by atoms with Gasteiger partial charge in [0.15, 0.2) is 5.16 Å². The van der Waals surface area contributed by atoms with E-state index in [9.17, 15) is 4.39 Å². The number of ether oxygens (including phenoxy) is 1. The molecule has 0 saturated heterocycles. The number of imidazole rings is 1. The Labute approximate surface area is 150 Å². The lowest BCUT2D eigenvalue weighted by Gasteiger charge is -2.12. The molecular weight excluding hydrogens is 339 g/mol. The van der Waals surface area contributed by atoms with Crippen LogP contribution < -0.4 is 5.73 Å². The zero-order chi connectivity index (χ0) is 17.8. The molecule has 0 amide bonds. The summed E-state index contributed by atoms with van der Waals surface area (Å²) in [5, 5.41) is 0.863. The lowest BCUT2D eigenvalue weighted by Crippen LogP contribution is -2.07. The van der Waals surface area contributed by atoms with Gasteiger partial charge in [-0.1, -0.05) is 11.8 Å². The number of nitrogens with zero attached hydrogens (tertiary/aromatic N) is 3. The molecule has 3 aromatic rings. The Morgan fingerprint density at radius 1 is 1.20 bits per heavy atom. The van der Waals surface area contributed by atoms with Gasteiger partial charge in [0, 0.05) is 31.0 Å². The van der Waals surface area contributed by atoms with Crippen LogP contribution >= 0.6 is 11.8 Å². The molecule has 0 saturated carbocycles. The summed E-state index contributed by atoms with van der Waals surface area (Å²) in [6.45, 7) is 1.21. The number of nitrogens with two attached hydrogens (primary N) is 1. The minimum absolute atomic E-state index is 0.276. The van der Waals surface area contributed by atoms with E-state index < -0.39 is 0 Å². The van der Waals surface area contributed by atoms with E-state index in [-0.39, 0.29) is 5.82 Å². The summed E-state index contributed by atoms with van der Waals surface area (Å²) < 4.78 is 20.7. The Hall–Kier alpha value is -2.38. The van der Waals surface area contributed by atoms with Crippen molar-refractivity contribution < 1.29 is 9.13 Å². The molecule has 0 spiro atoms. The average molecular weight is 358 g/mol. The van der Waals surface area contributed by atoms with Gasteiger partial charge in [-0.3, -0.25) is 0 Å². The Morgan fingerprint density at radius 2 is 1.96 bits per heavy atom. The van der Waals surface area contributed by atoms with E-state index in [0.29, 0.717) is 19.0 Å². The Kier molecular flexibility index (Phi) is 5.35. The summed E-state index contributed by atoms with van der Waals surface area (Å²) in [6, 6.07) is 10.1. The summed E-state index contributed by atoms with van der Waals surface area (Å²) in [4.78, 5) is 8.84. The standard InChI is InChI=1S/C18H19FN4OS/c1-24-10-9-23-17(13-7-8-21-15(20)11-13)16(22-18(23)25-2)12-3-5-14(19)6-4-12/h3-8,11H,9-10H2,1-2H3,(H2,20,21). The second kappa shape index (κ2) is 7.67. The van der Waals surface area contributed by atoms with E-state index in [1.807, 2.05) is 18.4 Å². The van der Waals surface area contributed by atoms with Crippen molar-refractivity contribution in [2.75, 3.05) is 25.7 Å². The number of benzene rings is 1. The minimum Gasteiger partial charge on any atom is -0.384 e. The maximum absolute atomic E-state index is 13.3. The average Bonchev–Trinajstić information content (AvgIpc) is 2.99. The number of hydrogen-bond acceptors (Lipinski definition) is 5. The molecular formula is C18H19FN4OS. The third-order valence-electron chi connectivity index (χ3n) is 3.81. The summed E-state index contributed by atoms with van der Waals surface area (Å²) >= 11 is 1.55. The van der Waals surface area contributed by atoms with Crippen molar-refractivity contribution >= 4 is 17.6 Å². The van der Waals surface area contributed by atoms with Gasteiger partial charge in [-0.2, -0.15) is 0 Å². The van der Waals surface area contributed by atoms with Crippen LogP contribution in [0.2, 0.25) is 0 Å². The van der Waals surface area contributed by atoms with Gasteiger partial charge >= 0.3 is 0 Å². The molecule has 130 valence electrons. The number of halogens is 1. The van der Waals surface area contributed by atoms with Crippen molar-refractivity contribution in [3.8, 4) is 22.5 Å². The predicted octanol–water partition coefficient (Wildman–Crippen LogP) is 3.70. The van der Waals surface area contributed by atoms with Crippen molar-refractivity contribution in [2.45, 2.75) is 11.7 Å². The van der Waals surface area contributed by atoms with E-state index >= 15 is 0 Å². The molecule has 2 aromatic heterocycles. The van der Waals surface area contributed by atoms with Gasteiger partial charge in [-0.05, 0) is 42.7 Å². The monoisotopic (exact) mass is 358 g/mol. The van der Waals surface area contributed by atoms with Crippen LogP contribution in [0, 0.1) is 5.82 Å². The summed E-state index contributed by atoms with van der Waals surface area (Å²) in [5.41, 5.74) is 9.33. The Bertz CT molecular complexity index is 864. The van der Waals surface area contributed by atoms with Crippen molar-refractivity contribution in [3.05, 3.63) is 48.4 Å². The molecule has 0 fully saturated rings. The van der Waals surface area contributed by atoms with Gasteiger partial charge in [-0.15, -0.1) is 0 Å². The molecule has 0 bridgehead atoms. The fourth-order valence-electron chi connectivity index (χ4n) is 2.68. The first kappa shape index (κ1) is 17.4. The third-order valence-corrected chi connectivity index (χ3v) is 4.48. The summed E-state index contributed by atoms with van der Waals surface area (Å²) in [5.74, 6) is 0.162. The number of methoxy groups -OCH3 is 1. The number of anilines is 1. The highest BCUT2D eigenvalue weighted by atomic mass is 32.2. The van der Waals surface area contributed by atoms with Gasteiger partial charge in [0.25, 0.3) is 0 Å². The molecule has 0 radical (unpaired) electrons. The van der Waals surface area contributed by atoms with Crippen LogP contribution in [-0.4, -0.2) is 34.5 Å². The van der Waals surface area contributed by atoms with E-state index in [2.05, 4.69) is 9.55 Å². The number of thioether (sulfide) groups is 1. The molecule has 2 heterocycles. The van der Waals surface area contributed by atoms with E-state index in [4.69, 9.17) is 15.5 Å². The number of pyridine rings is 1. The zero-order valence-electron chi connectivity index (χ0n) is 14.1. The molecule has 0 unspecified atom stereocenters. The fraction of sp³-hybridized carbons (Fsp3) is 0.222. The molecule has 1 aromatic carbocycles. The van der Waals surface area contributed by atoms with Crippen LogP contribution in [0.1, 0.15) is 0 Å². The van der Waals surface area contributed by atoms with Gasteiger partial charge in [0.2, 0.25) is 0 Å². The number of nitrogen functional groups attached to an aromatic ring is 1. The lowest BCUT2D eigenvalue weighted by atomic mass is 10.1. The quantitative estimate of drug-likeness (QED) is 0.681. The number of rotatable bonds is 6. The van der Waals surface area contributed by atoms with Crippen LogP contribution in [0.3, 0.4) is 0 Å². The predicted molar refractivity (Wildman–Crippen MR) is 98.9 cm³/mol. The van der Waals surface area contributed by atoms with Crippen molar-refractivity contribution in [2.24, 2.45) is 0 Å². The minimum atomic E-state index is -0.276. The maximum Gasteiger partial charge on any atom is 0.168 e. The fourth-order valence-corrected chi connectivity index (χ4v) is 3.26. The Balaban J connectivity index is 2.23. The molecule has 2 N–H and O–H groups in total. The van der Waals surface area contributed by atoms with Gasteiger partial charge < -0.3 is 15.0 Å². The maximum atomic E-state index is 13.3. The highest BCUT2D eigenvalue weighted by Crippen LogP contribution is 2.35. The summed E-state index contributed by atoms with van der Waals surface area (Å²) in [7, 11) is 1.67. The first-order valence-electron chi connectivity index (χ1n) is 7.75. The zero-order valence-corrected chi connectivity index (χ0v) is 14.9. The highest BCUT2D eigenvalue weighted by molar-refractivity contribution is 7.98. The van der Waals surface area contributed by atoms with Crippen LogP contribution in [-0.2, 0) is 11.3 Å². The molecule has 7 heteroatoms. The van der Waals surface area contributed by atoms with Crippen molar-refractivity contribution in [1.29, 1.82) is 0 Å². The first-order chi connectivity index (χ1) is 12.1. The smallest absolute Gasteiger partial charge is 0.168 e. The van der Waals surface area contributed by atoms with E-state index in [1.54, 1.807) is 37.2 Å². The van der Waals surface area contributed by atoms with Crippen LogP contribution in [0.4, 0.5) is 10.2 Å². The normalized spacial score (nSPS) is 11.0. The largest absolute Gasteiger partial charge is 0.384 e. The lowest BCUT2D eigenvalue weighted by molar-refractivity contribution is 0.185. The Morgan fingerprint density at radius 3 is 2.60 bits per heavy atom. The third kappa shape index (κ3) is 3.67. The SMILES string of the molecule is COCCn1c(SC)nc(-c2ccc(F)cc2)c1-c1ccnc(N)c1. The van der Waals surface area contributed by atoms with Crippen LogP contribution in [0.15, 0.2) is 47.8 Å². The second-order valence-electron chi connectivity index (χ2n) is 5.42. The van der Waals surface area contributed by atoms with Gasteiger partial charge in [-0.25, -0.2) is 14.4 Å². The topological polar surface area (TPSA) is 66.0 Å². The molecule has 0 atom stereocenters. The molecule has 3 rings (SSSR count). The van der Waals surface area contributed by atoms with Gasteiger partial charge in [0.05, 0.1) is 18.0 Å². The van der Waals surface area contributed by atoms with Crippen LogP contribution in [0.5, 0.6) is 0 Å². The molecule has 25 heavy (non-hydrogen) atoms. The molecule has 0 aliphatic carbocycles. The van der Waals surface area contributed by atoms with Gasteiger partial charge in [0.1, 0.15) is 11.6 Å². The molecule has 0 aliphatic rings. The molecule has 5 nitrogen and oxygen atoms in total.